The van der Waals surface area contributed by atoms with E-state index in [1.54, 1.807) is 0 Å². The maximum atomic E-state index is 9.51. The molecule has 2 aromatic rings. The summed E-state index contributed by atoms with van der Waals surface area (Å²) in [5.74, 6) is 1.91. The molecule has 1 aromatic carbocycles. The lowest BCUT2D eigenvalue weighted by Crippen LogP contribution is -2.37. The number of rotatable bonds is 7. The first-order valence-electron chi connectivity index (χ1n) is 8.97. The molecule has 3 rings (SSSR count). The van der Waals surface area contributed by atoms with Gasteiger partial charge >= 0.3 is 0 Å². The predicted octanol–water partition coefficient (Wildman–Crippen LogP) is 3.19. The molecule has 24 heavy (non-hydrogen) atoms. The zero-order valence-corrected chi connectivity index (χ0v) is 14.5. The fourth-order valence-corrected chi connectivity index (χ4v) is 3.13. The SMILES string of the molecule is Cc1ccc(-c2ccc(CNCCCN3CCC(O)CC3)o2)cc1. The van der Waals surface area contributed by atoms with E-state index in [0.29, 0.717) is 0 Å². The lowest BCUT2D eigenvalue weighted by atomic mass is 10.1. The van der Waals surface area contributed by atoms with Crippen LogP contribution in [-0.4, -0.2) is 42.3 Å². The third-order valence-corrected chi connectivity index (χ3v) is 4.68. The van der Waals surface area contributed by atoms with Crippen LogP contribution in [0.25, 0.3) is 11.3 Å². The van der Waals surface area contributed by atoms with Gasteiger partial charge in [0.2, 0.25) is 0 Å². The Morgan fingerprint density at radius 1 is 1.12 bits per heavy atom. The molecule has 4 heteroatoms. The Labute approximate surface area is 144 Å². The highest BCUT2D eigenvalue weighted by molar-refractivity contribution is 5.57. The normalized spacial score (nSPS) is 16.6. The van der Waals surface area contributed by atoms with Crippen molar-refractivity contribution in [3.63, 3.8) is 0 Å². The first-order valence-corrected chi connectivity index (χ1v) is 8.97. The Hall–Kier alpha value is -1.62. The third-order valence-electron chi connectivity index (χ3n) is 4.68. The van der Waals surface area contributed by atoms with Gasteiger partial charge in [0, 0.05) is 18.7 Å². The first-order chi connectivity index (χ1) is 11.7. The van der Waals surface area contributed by atoms with E-state index in [4.69, 9.17) is 4.42 Å². The third kappa shape index (κ3) is 4.94. The first kappa shape index (κ1) is 17.2. The highest BCUT2D eigenvalue weighted by Gasteiger charge is 2.15. The lowest BCUT2D eigenvalue weighted by Gasteiger charge is -2.29. The van der Waals surface area contributed by atoms with Crippen molar-refractivity contribution < 1.29 is 9.52 Å². The maximum absolute atomic E-state index is 9.51. The summed E-state index contributed by atoms with van der Waals surface area (Å²) < 4.78 is 5.92. The molecule has 1 aromatic heterocycles. The average molecular weight is 328 g/mol. The van der Waals surface area contributed by atoms with Crippen molar-refractivity contribution in [3.8, 4) is 11.3 Å². The molecule has 0 saturated carbocycles. The van der Waals surface area contributed by atoms with Gasteiger partial charge in [-0.05, 0) is 51.4 Å². The Morgan fingerprint density at radius 2 is 1.88 bits per heavy atom. The number of nitrogens with one attached hydrogen (secondary N) is 1. The van der Waals surface area contributed by atoms with Crippen molar-refractivity contribution in [2.24, 2.45) is 0 Å². The number of hydrogen-bond donors (Lipinski definition) is 2. The van der Waals surface area contributed by atoms with E-state index in [2.05, 4.69) is 41.4 Å². The van der Waals surface area contributed by atoms with E-state index in [-0.39, 0.29) is 6.10 Å². The van der Waals surface area contributed by atoms with Gasteiger partial charge in [-0.25, -0.2) is 0 Å². The monoisotopic (exact) mass is 328 g/mol. The average Bonchev–Trinajstić information content (AvgIpc) is 3.06. The molecule has 0 bridgehead atoms. The van der Waals surface area contributed by atoms with Crippen LogP contribution in [0.3, 0.4) is 0 Å². The van der Waals surface area contributed by atoms with Crippen molar-refractivity contribution in [3.05, 3.63) is 47.7 Å². The molecule has 1 aliphatic rings. The molecule has 130 valence electrons. The minimum atomic E-state index is -0.0824. The minimum Gasteiger partial charge on any atom is -0.460 e. The van der Waals surface area contributed by atoms with E-state index in [0.717, 1.165) is 69.1 Å². The van der Waals surface area contributed by atoms with E-state index < -0.39 is 0 Å². The number of aliphatic hydroxyl groups excluding tert-OH is 1. The van der Waals surface area contributed by atoms with Crippen LogP contribution in [0.2, 0.25) is 0 Å². The molecule has 2 heterocycles. The molecule has 1 saturated heterocycles. The second-order valence-corrected chi connectivity index (χ2v) is 6.74. The van der Waals surface area contributed by atoms with Crippen LogP contribution in [0.1, 0.15) is 30.6 Å². The van der Waals surface area contributed by atoms with Crippen molar-refractivity contribution in [2.75, 3.05) is 26.2 Å². The van der Waals surface area contributed by atoms with Gasteiger partial charge < -0.3 is 19.7 Å². The molecule has 1 aliphatic heterocycles. The van der Waals surface area contributed by atoms with Crippen LogP contribution < -0.4 is 5.32 Å². The minimum absolute atomic E-state index is 0.0824. The van der Waals surface area contributed by atoms with Gasteiger partial charge in [0.25, 0.3) is 0 Å². The zero-order chi connectivity index (χ0) is 16.8. The molecule has 0 unspecified atom stereocenters. The smallest absolute Gasteiger partial charge is 0.134 e. The Balaban J connectivity index is 1.36. The summed E-state index contributed by atoms with van der Waals surface area (Å²) in [7, 11) is 0. The quantitative estimate of drug-likeness (QED) is 0.767. The molecule has 0 atom stereocenters. The van der Waals surface area contributed by atoms with Gasteiger partial charge in [0.05, 0.1) is 12.6 Å². The zero-order valence-electron chi connectivity index (χ0n) is 14.5. The summed E-state index contributed by atoms with van der Waals surface area (Å²) in [5, 5.41) is 13.0. The summed E-state index contributed by atoms with van der Waals surface area (Å²) in [5.41, 5.74) is 2.38. The van der Waals surface area contributed by atoms with Crippen LogP contribution in [0, 0.1) is 6.92 Å². The summed E-state index contributed by atoms with van der Waals surface area (Å²) >= 11 is 0. The van der Waals surface area contributed by atoms with Crippen molar-refractivity contribution >= 4 is 0 Å². The number of hydrogen-bond acceptors (Lipinski definition) is 4. The number of benzene rings is 1. The van der Waals surface area contributed by atoms with Gasteiger partial charge in [0.1, 0.15) is 11.5 Å². The Morgan fingerprint density at radius 3 is 2.62 bits per heavy atom. The molecular formula is C20H28N2O2. The number of furan rings is 1. The van der Waals surface area contributed by atoms with E-state index >= 15 is 0 Å². The largest absolute Gasteiger partial charge is 0.460 e. The topological polar surface area (TPSA) is 48.6 Å². The number of nitrogens with zero attached hydrogens (tertiary/aromatic N) is 1. The van der Waals surface area contributed by atoms with Gasteiger partial charge in [-0.3, -0.25) is 0 Å². The highest BCUT2D eigenvalue weighted by atomic mass is 16.3. The number of aryl methyl sites for hydroxylation is 1. The van der Waals surface area contributed by atoms with Crippen LogP contribution >= 0.6 is 0 Å². The highest BCUT2D eigenvalue weighted by Crippen LogP contribution is 2.22. The molecule has 0 amide bonds. The van der Waals surface area contributed by atoms with Crippen molar-refractivity contribution in [1.82, 2.24) is 10.2 Å². The molecule has 0 spiro atoms. The number of likely N-dealkylation sites (tertiary alicyclic amines) is 1. The number of aliphatic hydroxyl groups is 1. The van der Waals surface area contributed by atoms with E-state index in [1.807, 2.05) is 12.1 Å². The standard InChI is InChI=1S/C20H28N2O2/c1-16-3-5-17(6-4-16)20-8-7-19(24-20)15-21-11-2-12-22-13-9-18(23)10-14-22/h3-8,18,21,23H,2,9-15H2,1H3. The van der Waals surface area contributed by atoms with Crippen LogP contribution in [0.5, 0.6) is 0 Å². The molecule has 0 aliphatic carbocycles. The van der Waals surface area contributed by atoms with Gasteiger partial charge in [-0.15, -0.1) is 0 Å². The number of piperidine rings is 1. The van der Waals surface area contributed by atoms with Gasteiger partial charge in [-0.1, -0.05) is 29.8 Å². The van der Waals surface area contributed by atoms with Crippen LogP contribution in [0.15, 0.2) is 40.8 Å². The predicted molar refractivity (Wildman–Crippen MR) is 96.9 cm³/mol. The molecule has 1 fully saturated rings. The second kappa shape index (κ2) is 8.47. The summed E-state index contributed by atoms with van der Waals surface area (Å²) in [6.45, 7) is 7.00. The fraction of sp³-hybridized carbons (Fsp3) is 0.500. The van der Waals surface area contributed by atoms with Crippen LogP contribution in [0.4, 0.5) is 0 Å². The Kier molecular flexibility index (Phi) is 6.07. The lowest BCUT2D eigenvalue weighted by molar-refractivity contribution is 0.0821. The summed E-state index contributed by atoms with van der Waals surface area (Å²) in [4.78, 5) is 2.44. The fourth-order valence-electron chi connectivity index (χ4n) is 3.13. The van der Waals surface area contributed by atoms with Crippen molar-refractivity contribution in [1.29, 1.82) is 0 Å². The van der Waals surface area contributed by atoms with E-state index in [1.165, 1.54) is 5.56 Å². The van der Waals surface area contributed by atoms with Gasteiger partial charge in [-0.2, -0.15) is 0 Å². The maximum Gasteiger partial charge on any atom is 0.134 e. The summed E-state index contributed by atoms with van der Waals surface area (Å²) in [6, 6.07) is 12.5. The molecular weight excluding hydrogens is 300 g/mol. The Bertz CT molecular complexity index is 613. The molecule has 4 nitrogen and oxygen atoms in total. The molecule has 0 radical (unpaired) electrons. The van der Waals surface area contributed by atoms with E-state index in [9.17, 15) is 5.11 Å². The second-order valence-electron chi connectivity index (χ2n) is 6.74. The summed E-state index contributed by atoms with van der Waals surface area (Å²) in [6.07, 6.45) is 2.88. The molecule has 2 N–H and O–H groups in total. The van der Waals surface area contributed by atoms with Crippen molar-refractivity contribution in [2.45, 2.75) is 38.8 Å². The van der Waals surface area contributed by atoms with Gasteiger partial charge in [0.15, 0.2) is 0 Å². The van der Waals surface area contributed by atoms with Crippen LogP contribution in [-0.2, 0) is 6.54 Å².